The number of halogens is 1. The highest BCUT2D eigenvalue weighted by molar-refractivity contribution is 5.77. The monoisotopic (exact) mass is 247 g/mol. The van der Waals surface area contributed by atoms with Gasteiger partial charge in [-0.2, -0.15) is 0 Å². The maximum atomic E-state index is 13.7. The number of carbonyl (C=O) groups excluding carboxylic acids is 1. The molecule has 1 aromatic carbocycles. The van der Waals surface area contributed by atoms with Crippen LogP contribution in [-0.4, -0.2) is 15.6 Å². The highest BCUT2D eigenvalue weighted by Crippen LogP contribution is 2.22. The summed E-state index contributed by atoms with van der Waals surface area (Å²) in [5, 5.41) is 2.76. The molecule has 0 fully saturated rings. The predicted octanol–water partition coefficient (Wildman–Crippen LogP) is 2.52. The van der Waals surface area contributed by atoms with E-state index in [2.05, 4.69) is 10.3 Å². The van der Waals surface area contributed by atoms with Gasteiger partial charge in [0.1, 0.15) is 12.1 Å². The quantitative estimate of drug-likeness (QED) is 0.886. The number of hydrogen-bond acceptors (Lipinski definition) is 2. The maximum absolute atomic E-state index is 13.7. The Kier molecular flexibility index (Phi) is 3.14. The van der Waals surface area contributed by atoms with E-state index in [-0.39, 0.29) is 11.8 Å². The van der Waals surface area contributed by atoms with Crippen molar-refractivity contribution in [2.45, 2.75) is 19.4 Å². The Hall–Kier alpha value is -2.17. The fourth-order valence-corrected chi connectivity index (χ4v) is 1.75. The zero-order valence-electron chi connectivity index (χ0n) is 10.2. The van der Waals surface area contributed by atoms with Crippen molar-refractivity contribution >= 4 is 6.03 Å². The molecular weight excluding hydrogens is 233 g/mol. The van der Waals surface area contributed by atoms with Crippen molar-refractivity contribution < 1.29 is 9.18 Å². The lowest BCUT2D eigenvalue weighted by Crippen LogP contribution is -2.43. The van der Waals surface area contributed by atoms with E-state index < -0.39 is 5.54 Å². The second-order valence-corrected chi connectivity index (χ2v) is 4.50. The van der Waals surface area contributed by atoms with Gasteiger partial charge in [0.2, 0.25) is 0 Å². The van der Waals surface area contributed by atoms with Crippen molar-refractivity contribution in [3.8, 4) is 0 Å². The molecule has 0 aliphatic heterocycles. The van der Waals surface area contributed by atoms with Crippen LogP contribution in [0.2, 0.25) is 0 Å². The molecule has 1 aromatic heterocycles. The molecule has 2 aromatic rings. The molecule has 0 bridgehead atoms. The molecule has 2 rings (SSSR count). The van der Waals surface area contributed by atoms with Crippen molar-refractivity contribution in [2.75, 3.05) is 0 Å². The third-order valence-electron chi connectivity index (χ3n) is 2.71. The number of aromatic nitrogens is 2. The number of rotatable bonds is 2. The molecule has 0 radical (unpaired) electrons. The summed E-state index contributed by atoms with van der Waals surface area (Å²) in [6.45, 7) is 3.50. The minimum atomic E-state index is -0.799. The topological polar surface area (TPSA) is 46.9 Å². The predicted molar refractivity (Wildman–Crippen MR) is 65.6 cm³/mol. The summed E-state index contributed by atoms with van der Waals surface area (Å²) in [5.41, 5.74) is -0.356. The molecule has 0 saturated carbocycles. The Morgan fingerprint density at radius 3 is 2.72 bits per heavy atom. The number of benzene rings is 1. The highest BCUT2D eigenvalue weighted by Gasteiger charge is 2.26. The summed E-state index contributed by atoms with van der Waals surface area (Å²) in [6.07, 6.45) is 4.44. The Morgan fingerprint density at radius 1 is 1.39 bits per heavy atom. The van der Waals surface area contributed by atoms with Gasteiger partial charge in [-0.25, -0.2) is 14.2 Å². The molecule has 5 heteroatoms. The molecular formula is C13H14FN3O. The van der Waals surface area contributed by atoms with Crippen molar-refractivity contribution in [3.05, 3.63) is 54.4 Å². The van der Waals surface area contributed by atoms with Crippen molar-refractivity contribution in [2.24, 2.45) is 0 Å². The van der Waals surface area contributed by atoms with Gasteiger partial charge in [-0.05, 0) is 19.9 Å². The van der Waals surface area contributed by atoms with E-state index in [1.165, 1.54) is 29.4 Å². The van der Waals surface area contributed by atoms with Gasteiger partial charge in [0, 0.05) is 18.0 Å². The number of carbonyl (C=O) groups is 1. The van der Waals surface area contributed by atoms with E-state index in [1.807, 2.05) is 0 Å². The van der Waals surface area contributed by atoms with Gasteiger partial charge in [-0.3, -0.25) is 4.57 Å². The Labute approximate surface area is 104 Å². The van der Waals surface area contributed by atoms with Gasteiger partial charge in [0.15, 0.2) is 0 Å². The molecule has 18 heavy (non-hydrogen) atoms. The van der Waals surface area contributed by atoms with Gasteiger partial charge in [0.25, 0.3) is 0 Å². The van der Waals surface area contributed by atoms with Crippen molar-refractivity contribution in [1.29, 1.82) is 0 Å². The van der Waals surface area contributed by atoms with E-state index in [1.54, 1.807) is 32.0 Å². The van der Waals surface area contributed by atoms with Crippen LogP contribution in [0.5, 0.6) is 0 Å². The number of amides is 1. The van der Waals surface area contributed by atoms with E-state index in [9.17, 15) is 9.18 Å². The van der Waals surface area contributed by atoms with Gasteiger partial charge in [0.05, 0.1) is 5.54 Å². The minimum Gasteiger partial charge on any atom is -0.328 e. The summed E-state index contributed by atoms with van der Waals surface area (Å²) in [6, 6.07) is 6.04. The average Bonchev–Trinajstić information content (AvgIpc) is 2.82. The van der Waals surface area contributed by atoms with Crippen LogP contribution in [0.15, 0.2) is 43.0 Å². The molecule has 0 aliphatic rings. The first-order valence-corrected chi connectivity index (χ1v) is 5.56. The zero-order valence-corrected chi connectivity index (χ0v) is 10.2. The Balaban J connectivity index is 2.22. The normalized spacial score (nSPS) is 11.3. The summed E-state index contributed by atoms with van der Waals surface area (Å²) >= 11 is 0. The largest absolute Gasteiger partial charge is 0.328 e. The van der Waals surface area contributed by atoms with Crippen LogP contribution in [-0.2, 0) is 5.54 Å². The second kappa shape index (κ2) is 4.60. The van der Waals surface area contributed by atoms with E-state index in [4.69, 9.17) is 0 Å². The summed E-state index contributed by atoms with van der Waals surface area (Å²) < 4.78 is 15.0. The van der Waals surface area contributed by atoms with Crippen LogP contribution in [0, 0.1) is 5.82 Å². The number of nitrogens with zero attached hydrogens (tertiary/aromatic N) is 2. The third kappa shape index (κ3) is 2.40. The standard InChI is InChI=1S/C13H14FN3O/c1-13(2,10-5-3-4-6-11(10)14)16-12(18)17-8-7-15-9-17/h3-9H,1-2H3,(H,16,18). The van der Waals surface area contributed by atoms with Gasteiger partial charge >= 0.3 is 6.03 Å². The SMILES string of the molecule is CC(C)(NC(=O)n1ccnc1)c1ccccc1F. The van der Waals surface area contributed by atoms with Crippen molar-refractivity contribution in [3.63, 3.8) is 0 Å². The smallest absolute Gasteiger partial charge is 0.327 e. The third-order valence-corrected chi connectivity index (χ3v) is 2.71. The molecule has 0 unspecified atom stereocenters. The molecule has 4 nitrogen and oxygen atoms in total. The van der Waals surface area contributed by atoms with E-state index >= 15 is 0 Å². The Morgan fingerprint density at radius 2 is 2.11 bits per heavy atom. The maximum Gasteiger partial charge on any atom is 0.327 e. The van der Waals surface area contributed by atoms with Crippen LogP contribution in [0.4, 0.5) is 9.18 Å². The summed E-state index contributed by atoms with van der Waals surface area (Å²) in [5.74, 6) is -0.339. The van der Waals surface area contributed by atoms with Gasteiger partial charge in [-0.1, -0.05) is 18.2 Å². The first kappa shape index (κ1) is 12.3. The van der Waals surface area contributed by atoms with Crippen LogP contribution in [0.1, 0.15) is 19.4 Å². The van der Waals surface area contributed by atoms with Crippen LogP contribution in [0.25, 0.3) is 0 Å². The average molecular weight is 247 g/mol. The lowest BCUT2D eigenvalue weighted by atomic mass is 9.94. The molecule has 0 aliphatic carbocycles. The second-order valence-electron chi connectivity index (χ2n) is 4.50. The molecule has 0 atom stereocenters. The number of hydrogen-bond donors (Lipinski definition) is 1. The molecule has 0 saturated heterocycles. The minimum absolute atomic E-state index is 0.339. The van der Waals surface area contributed by atoms with Crippen LogP contribution in [0.3, 0.4) is 0 Å². The van der Waals surface area contributed by atoms with Gasteiger partial charge in [-0.15, -0.1) is 0 Å². The van der Waals surface area contributed by atoms with Crippen molar-refractivity contribution in [1.82, 2.24) is 14.9 Å². The van der Waals surface area contributed by atoms with E-state index in [0.29, 0.717) is 5.56 Å². The van der Waals surface area contributed by atoms with Crippen LogP contribution >= 0.6 is 0 Å². The summed E-state index contributed by atoms with van der Waals surface area (Å²) in [4.78, 5) is 15.7. The zero-order chi connectivity index (χ0) is 13.2. The van der Waals surface area contributed by atoms with Gasteiger partial charge < -0.3 is 5.32 Å². The fourth-order valence-electron chi connectivity index (χ4n) is 1.75. The summed E-state index contributed by atoms with van der Waals surface area (Å²) in [7, 11) is 0. The molecule has 1 amide bonds. The lowest BCUT2D eigenvalue weighted by molar-refractivity contribution is 0.231. The highest BCUT2D eigenvalue weighted by atomic mass is 19.1. The number of nitrogens with one attached hydrogen (secondary N) is 1. The number of imidazole rings is 1. The van der Waals surface area contributed by atoms with Crippen LogP contribution < -0.4 is 5.32 Å². The fraction of sp³-hybridized carbons (Fsp3) is 0.231. The lowest BCUT2D eigenvalue weighted by Gasteiger charge is -2.27. The molecule has 0 spiro atoms. The molecule has 1 heterocycles. The first-order chi connectivity index (χ1) is 8.50. The van der Waals surface area contributed by atoms with E-state index in [0.717, 1.165) is 0 Å². The Bertz CT molecular complexity index is 549. The molecule has 94 valence electrons. The first-order valence-electron chi connectivity index (χ1n) is 5.56. The molecule has 1 N–H and O–H groups in total.